The minimum atomic E-state index is -0.473. The van der Waals surface area contributed by atoms with Crippen molar-refractivity contribution in [3.05, 3.63) is 39.8 Å². The number of hydrogen-bond acceptors (Lipinski definition) is 5. The molecule has 6 heteroatoms. The van der Waals surface area contributed by atoms with Crippen LogP contribution < -0.4 is 15.4 Å². The fourth-order valence-corrected chi connectivity index (χ4v) is 5.59. The highest BCUT2D eigenvalue weighted by Gasteiger charge is 2.37. The van der Waals surface area contributed by atoms with Gasteiger partial charge in [-0.2, -0.15) is 0 Å². The zero-order chi connectivity index (χ0) is 20.1. The van der Waals surface area contributed by atoms with E-state index >= 15 is 0 Å². The number of amides is 1. The third-order valence-electron chi connectivity index (χ3n) is 5.91. The minimum Gasteiger partial charge on any atom is -0.504 e. The average molecular weight is 401 g/mol. The summed E-state index contributed by atoms with van der Waals surface area (Å²) in [5.74, 6) is 1.07. The van der Waals surface area contributed by atoms with E-state index in [1.165, 1.54) is 10.4 Å². The summed E-state index contributed by atoms with van der Waals surface area (Å²) in [6.07, 6.45) is 2.63. The zero-order valence-corrected chi connectivity index (χ0v) is 17.7. The molecular weight excluding hydrogens is 372 g/mol. The molecule has 3 N–H and O–H groups in total. The number of ether oxygens (including phenoxy) is 1. The number of benzene rings is 1. The van der Waals surface area contributed by atoms with Gasteiger partial charge in [0.25, 0.3) is 5.91 Å². The Morgan fingerprint density at radius 1 is 1.29 bits per heavy atom. The number of thiophene rings is 1. The largest absolute Gasteiger partial charge is 0.504 e. The number of aromatic hydroxyl groups is 1. The number of carbonyl (C=O) groups excluding carboxylic acids is 1. The molecule has 1 aliphatic heterocycles. The van der Waals surface area contributed by atoms with Gasteiger partial charge in [-0.05, 0) is 49.1 Å². The molecule has 0 radical (unpaired) electrons. The van der Waals surface area contributed by atoms with Gasteiger partial charge in [0.2, 0.25) is 0 Å². The van der Waals surface area contributed by atoms with E-state index in [1.807, 2.05) is 19.1 Å². The van der Waals surface area contributed by atoms with Gasteiger partial charge in [0.1, 0.15) is 11.2 Å². The van der Waals surface area contributed by atoms with E-state index in [1.54, 1.807) is 17.4 Å². The molecule has 2 aliphatic rings. The number of rotatable bonds is 3. The number of phenols is 1. The van der Waals surface area contributed by atoms with E-state index in [4.69, 9.17) is 4.74 Å². The lowest BCUT2D eigenvalue weighted by atomic mass is 9.72. The van der Waals surface area contributed by atoms with Gasteiger partial charge in [-0.1, -0.05) is 32.9 Å². The molecule has 1 aromatic heterocycles. The molecule has 150 valence electrons. The number of para-hydroxylation sites is 1. The molecule has 0 fully saturated rings. The first kappa shape index (κ1) is 19.1. The fraction of sp³-hybridized carbons (Fsp3) is 0.500. The predicted molar refractivity (Wildman–Crippen MR) is 112 cm³/mol. The van der Waals surface area contributed by atoms with Crippen LogP contribution in [-0.4, -0.2) is 17.6 Å². The lowest BCUT2D eigenvalue weighted by Gasteiger charge is -2.34. The fourth-order valence-electron chi connectivity index (χ4n) is 4.24. The number of nitrogens with one attached hydrogen (secondary N) is 2. The van der Waals surface area contributed by atoms with Gasteiger partial charge in [0.15, 0.2) is 11.5 Å². The molecule has 5 nitrogen and oxygen atoms in total. The molecule has 0 saturated carbocycles. The van der Waals surface area contributed by atoms with E-state index in [9.17, 15) is 9.90 Å². The molecule has 0 unspecified atom stereocenters. The standard InChI is InChI=1S/C22H28N2O3S/c1-5-27-15-8-6-7-14(18(15)25)19-23-20(26)17-13-10-9-12(22(2,3)4)11-16(13)28-21(17)24-19/h6-8,12,19,24-25H,5,9-11H2,1-4H3,(H,23,26)/t12-,19+/m1/s1. The molecule has 4 rings (SSSR count). The van der Waals surface area contributed by atoms with Crippen LogP contribution in [0.5, 0.6) is 11.5 Å². The maximum Gasteiger partial charge on any atom is 0.256 e. The quantitative estimate of drug-likeness (QED) is 0.688. The predicted octanol–water partition coefficient (Wildman–Crippen LogP) is 4.86. The van der Waals surface area contributed by atoms with Gasteiger partial charge in [0, 0.05) is 10.4 Å². The smallest absolute Gasteiger partial charge is 0.256 e. The van der Waals surface area contributed by atoms with E-state index in [2.05, 4.69) is 31.4 Å². The van der Waals surface area contributed by atoms with Crippen LogP contribution in [0.4, 0.5) is 5.00 Å². The number of carbonyl (C=O) groups is 1. The van der Waals surface area contributed by atoms with Gasteiger partial charge < -0.3 is 20.5 Å². The van der Waals surface area contributed by atoms with Crippen LogP contribution in [0.1, 0.15) is 66.6 Å². The second-order valence-electron chi connectivity index (χ2n) is 8.69. The first-order valence-electron chi connectivity index (χ1n) is 9.96. The van der Waals surface area contributed by atoms with Crippen molar-refractivity contribution in [3.8, 4) is 11.5 Å². The van der Waals surface area contributed by atoms with Crippen molar-refractivity contribution in [1.82, 2.24) is 5.32 Å². The van der Waals surface area contributed by atoms with Crippen molar-refractivity contribution in [2.24, 2.45) is 11.3 Å². The topological polar surface area (TPSA) is 70.6 Å². The highest BCUT2D eigenvalue weighted by Crippen LogP contribution is 2.46. The van der Waals surface area contributed by atoms with Crippen LogP contribution in [0, 0.1) is 11.3 Å². The van der Waals surface area contributed by atoms with Gasteiger partial charge in [-0.3, -0.25) is 4.79 Å². The Morgan fingerprint density at radius 2 is 2.07 bits per heavy atom. The lowest BCUT2D eigenvalue weighted by molar-refractivity contribution is 0.0934. The Balaban J connectivity index is 1.65. The van der Waals surface area contributed by atoms with E-state index < -0.39 is 6.17 Å². The third-order valence-corrected chi connectivity index (χ3v) is 7.09. The van der Waals surface area contributed by atoms with Gasteiger partial charge in [0.05, 0.1) is 12.2 Å². The molecule has 0 saturated heterocycles. The van der Waals surface area contributed by atoms with Crippen molar-refractivity contribution in [2.75, 3.05) is 11.9 Å². The van der Waals surface area contributed by atoms with Crippen molar-refractivity contribution < 1.29 is 14.6 Å². The van der Waals surface area contributed by atoms with Crippen LogP contribution in [-0.2, 0) is 12.8 Å². The summed E-state index contributed by atoms with van der Waals surface area (Å²) in [5, 5.41) is 17.9. The number of phenolic OH excluding ortho intramolecular Hbond substituents is 1. The SMILES string of the molecule is CCOc1cccc([C@H]2NC(=O)c3c(sc4c3CC[C@@H](C(C)(C)C)C4)N2)c1O. The Labute approximate surface area is 170 Å². The molecule has 2 aromatic rings. The average Bonchev–Trinajstić information content (AvgIpc) is 3.01. The Kier molecular flexibility index (Phi) is 4.78. The highest BCUT2D eigenvalue weighted by molar-refractivity contribution is 7.16. The first-order chi connectivity index (χ1) is 13.3. The van der Waals surface area contributed by atoms with Crippen LogP contribution >= 0.6 is 11.3 Å². The summed E-state index contributed by atoms with van der Waals surface area (Å²) in [7, 11) is 0. The number of hydrogen-bond donors (Lipinski definition) is 3. The molecule has 28 heavy (non-hydrogen) atoms. The first-order valence-corrected chi connectivity index (χ1v) is 10.8. The van der Waals surface area contributed by atoms with Gasteiger partial charge >= 0.3 is 0 Å². The highest BCUT2D eigenvalue weighted by atomic mass is 32.1. The Hall–Kier alpha value is -2.21. The number of fused-ring (bicyclic) bond motifs is 3. The maximum atomic E-state index is 12.9. The van der Waals surface area contributed by atoms with Crippen molar-refractivity contribution in [2.45, 2.75) is 53.1 Å². The van der Waals surface area contributed by atoms with Crippen molar-refractivity contribution in [1.29, 1.82) is 0 Å². The van der Waals surface area contributed by atoms with Crippen molar-refractivity contribution in [3.63, 3.8) is 0 Å². The van der Waals surface area contributed by atoms with Gasteiger partial charge in [-0.25, -0.2) is 0 Å². The van der Waals surface area contributed by atoms with E-state index in [0.29, 0.717) is 23.8 Å². The van der Waals surface area contributed by atoms with Crippen molar-refractivity contribution >= 4 is 22.2 Å². The molecule has 1 aromatic carbocycles. The molecule has 2 heterocycles. The summed E-state index contributed by atoms with van der Waals surface area (Å²) < 4.78 is 5.49. The molecule has 1 aliphatic carbocycles. The summed E-state index contributed by atoms with van der Waals surface area (Å²) >= 11 is 1.70. The molecule has 0 spiro atoms. The maximum absolute atomic E-state index is 12.9. The molecule has 2 atom stereocenters. The Bertz CT molecular complexity index is 913. The number of anilines is 1. The normalized spacial score (nSPS) is 21.4. The zero-order valence-electron chi connectivity index (χ0n) is 16.9. The third kappa shape index (κ3) is 3.24. The van der Waals surface area contributed by atoms with Crippen LogP contribution in [0.3, 0.4) is 0 Å². The monoisotopic (exact) mass is 400 g/mol. The lowest BCUT2D eigenvalue weighted by Crippen LogP contribution is -2.38. The Morgan fingerprint density at radius 3 is 2.79 bits per heavy atom. The summed E-state index contributed by atoms with van der Waals surface area (Å²) in [6.45, 7) is 9.24. The minimum absolute atomic E-state index is 0.0633. The summed E-state index contributed by atoms with van der Waals surface area (Å²) in [4.78, 5) is 14.3. The molecule has 0 bridgehead atoms. The second-order valence-corrected chi connectivity index (χ2v) is 9.80. The van der Waals surface area contributed by atoms with Crippen LogP contribution in [0.2, 0.25) is 0 Å². The van der Waals surface area contributed by atoms with Crippen LogP contribution in [0.25, 0.3) is 0 Å². The molecular formula is C22H28N2O3S. The van der Waals surface area contributed by atoms with E-state index in [-0.39, 0.29) is 17.1 Å². The second kappa shape index (κ2) is 6.99. The summed E-state index contributed by atoms with van der Waals surface area (Å²) in [6, 6.07) is 5.37. The molecule has 1 amide bonds. The summed E-state index contributed by atoms with van der Waals surface area (Å²) in [5.41, 5.74) is 2.88. The van der Waals surface area contributed by atoms with E-state index in [0.717, 1.165) is 29.8 Å². The van der Waals surface area contributed by atoms with Gasteiger partial charge in [-0.15, -0.1) is 11.3 Å². The van der Waals surface area contributed by atoms with Crippen LogP contribution in [0.15, 0.2) is 18.2 Å².